The smallest absolute Gasteiger partial charge is 0.262 e. The van der Waals surface area contributed by atoms with Crippen LogP contribution in [0.3, 0.4) is 0 Å². The van der Waals surface area contributed by atoms with Crippen molar-refractivity contribution in [3.8, 4) is 0 Å². The van der Waals surface area contributed by atoms with E-state index in [2.05, 4.69) is 20.9 Å². The van der Waals surface area contributed by atoms with Crippen LogP contribution in [0.2, 0.25) is 0 Å². The Kier molecular flexibility index (Phi) is 4.95. The zero-order chi connectivity index (χ0) is 14.7. The molecule has 0 unspecified atom stereocenters. The Balaban J connectivity index is 2.11. The molecule has 1 aliphatic heterocycles. The lowest BCUT2D eigenvalue weighted by atomic mass is 10.1. The number of halogens is 1. The Hall–Kier alpha value is -1.18. The van der Waals surface area contributed by atoms with Gasteiger partial charge in [0.05, 0.1) is 29.6 Å². The van der Waals surface area contributed by atoms with Crippen LogP contribution in [-0.2, 0) is 16.0 Å². The fourth-order valence-corrected chi connectivity index (χ4v) is 2.81. The van der Waals surface area contributed by atoms with Gasteiger partial charge in [0.1, 0.15) is 0 Å². The van der Waals surface area contributed by atoms with Gasteiger partial charge in [0.15, 0.2) is 0 Å². The van der Waals surface area contributed by atoms with Crippen molar-refractivity contribution in [2.75, 3.05) is 20.3 Å². The number of ether oxygens (including phenoxy) is 1. The molecule has 2 N–H and O–H groups in total. The number of hydrogen-bond donors (Lipinski definition) is 2. The third-order valence-corrected chi connectivity index (χ3v) is 4.43. The Morgan fingerprint density at radius 1 is 1.65 bits per heavy atom. The van der Waals surface area contributed by atoms with Crippen molar-refractivity contribution in [2.24, 2.45) is 0 Å². The number of aromatic amines is 1. The summed E-state index contributed by atoms with van der Waals surface area (Å²) in [4.78, 5) is 28.0. The van der Waals surface area contributed by atoms with E-state index in [9.17, 15) is 14.7 Å². The number of nitrogens with zero attached hydrogens (tertiary/aromatic N) is 1. The van der Waals surface area contributed by atoms with Crippen LogP contribution in [-0.4, -0.2) is 53.3 Å². The summed E-state index contributed by atoms with van der Waals surface area (Å²) in [7, 11) is 1.60. The second-order valence-corrected chi connectivity index (χ2v) is 5.59. The molecule has 2 rings (SSSR count). The first-order valence-corrected chi connectivity index (χ1v) is 7.15. The van der Waals surface area contributed by atoms with Gasteiger partial charge in [-0.3, -0.25) is 9.59 Å². The van der Waals surface area contributed by atoms with Gasteiger partial charge in [-0.05, 0) is 34.0 Å². The highest BCUT2D eigenvalue weighted by Gasteiger charge is 2.34. The van der Waals surface area contributed by atoms with Crippen LogP contribution in [0.25, 0.3) is 0 Å². The highest BCUT2D eigenvalue weighted by atomic mass is 79.9. The zero-order valence-electron chi connectivity index (χ0n) is 11.1. The van der Waals surface area contributed by atoms with Crippen molar-refractivity contribution < 1.29 is 14.6 Å². The molecule has 0 radical (unpaired) electrons. The number of carbonyl (C=O) groups is 1. The number of pyridine rings is 1. The number of likely N-dealkylation sites (tertiary alicyclic amines) is 1. The summed E-state index contributed by atoms with van der Waals surface area (Å²) in [5, 5.41) is 9.35. The van der Waals surface area contributed by atoms with E-state index in [0.29, 0.717) is 23.0 Å². The van der Waals surface area contributed by atoms with Gasteiger partial charge in [0.25, 0.3) is 5.56 Å². The van der Waals surface area contributed by atoms with Crippen LogP contribution in [0.15, 0.2) is 21.5 Å². The largest absolute Gasteiger partial charge is 0.394 e. The fourth-order valence-electron chi connectivity index (χ4n) is 2.42. The van der Waals surface area contributed by atoms with Gasteiger partial charge >= 0.3 is 0 Å². The maximum absolute atomic E-state index is 12.3. The van der Waals surface area contributed by atoms with Gasteiger partial charge in [0, 0.05) is 19.9 Å². The van der Waals surface area contributed by atoms with E-state index in [0.717, 1.165) is 0 Å². The standard InChI is InChI=1S/C13H17BrN2O4/c1-20-10-5-9(7-17)16(6-10)11(18)4-8-2-3-15-13(19)12(8)14/h2-3,9-10,17H,4-7H2,1H3,(H,15,19)/t9-,10+/m0/s1. The molecular weight excluding hydrogens is 328 g/mol. The van der Waals surface area contributed by atoms with Gasteiger partial charge < -0.3 is 19.7 Å². The average molecular weight is 345 g/mol. The average Bonchev–Trinajstić information content (AvgIpc) is 2.87. The number of carbonyl (C=O) groups excluding carboxylic acids is 1. The molecule has 2 atom stereocenters. The molecule has 0 bridgehead atoms. The Morgan fingerprint density at radius 2 is 2.40 bits per heavy atom. The minimum atomic E-state index is -0.259. The highest BCUT2D eigenvalue weighted by molar-refractivity contribution is 9.10. The van der Waals surface area contributed by atoms with Crippen molar-refractivity contribution in [3.63, 3.8) is 0 Å². The summed E-state index contributed by atoms with van der Waals surface area (Å²) < 4.78 is 5.62. The lowest BCUT2D eigenvalue weighted by molar-refractivity contribution is -0.132. The van der Waals surface area contributed by atoms with E-state index in [1.165, 1.54) is 6.20 Å². The first kappa shape index (κ1) is 15.2. The minimum Gasteiger partial charge on any atom is -0.394 e. The van der Waals surface area contributed by atoms with E-state index >= 15 is 0 Å². The highest BCUT2D eigenvalue weighted by Crippen LogP contribution is 2.21. The lowest BCUT2D eigenvalue weighted by Crippen LogP contribution is -2.39. The van der Waals surface area contributed by atoms with E-state index in [-0.39, 0.29) is 36.6 Å². The number of methoxy groups -OCH3 is 1. The first-order valence-electron chi connectivity index (χ1n) is 6.36. The quantitative estimate of drug-likeness (QED) is 0.822. The van der Waals surface area contributed by atoms with Crippen LogP contribution in [0, 0.1) is 0 Å². The Labute approximate surface area is 124 Å². The second kappa shape index (κ2) is 6.51. The van der Waals surface area contributed by atoms with E-state index < -0.39 is 0 Å². The molecule has 1 aromatic rings. The SMILES string of the molecule is CO[C@@H]1C[C@@H](CO)N(C(=O)Cc2cc[nH]c(=O)c2Br)C1. The molecule has 6 nitrogen and oxygen atoms in total. The normalized spacial score (nSPS) is 22.2. The molecule has 1 fully saturated rings. The summed E-state index contributed by atoms with van der Waals surface area (Å²) in [6.45, 7) is 0.392. The zero-order valence-corrected chi connectivity index (χ0v) is 12.7. The molecule has 20 heavy (non-hydrogen) atoms. The number of aromatic nitrogens is 1. The van der Waals surface area contributed by atoms with Crippen molar-refractivity contribution >= 4 is 21.8 Å². The van der Waals surface area contributed by atoms with Gasteiger partial charge in [-0.2, -0.15) is 0 Å². The maximum atomic E-state index is 12.3. The topological polar surface area (TPSA) is 82.6 Å². The van der Waals surface area contributed by atoms with Crippen molar-refractivity contribution in [1.29, 1.82) is 0 Å². The van der Waals surface area contributed by atoms with Gasteiger partial charge in [0.2, 0.25) is 5.91 Å². The van der Waals surface area contributed by atoms with E-state index in [4.69, 9.17) is 4.74 Å². The molecule has 0 aliphatic carbocycles. The maximum Gasteiger partial charge on any atom is 0.262 e. The molecule has 1 aromatic heterocycles. The van der Waals surface area contributed by atoms with Gasteiger partial charge in [-0.15, -0.1) is 0 Å². The summed E-state index contributed by atoms with van der Waals surface area (Å²) >= 11 is 3.19. The van der Waals surface area contributed by atoms with Crippen molar-refractivity contribution in [3.05, 3.63) is 32.7 Å². The molecule has 1 aliphatic rings. The van der Waals surface area contributed by atoms with Crippen LogP contribution in [0.5, 0.6) is 0 Å². The van der Waals surface area contributed by atoms with Crippen molar-refractivity contribution in [2.45, 2.75) is 25.0 Å². The Bertz CT molecular complexity index is 545. The molecule has 2 heterocycles. The van der Waals surface area contributed by atoms with E-state index in [1.54, 1.807) is 18.1 Å². The summed E-state index contributed by atoms with van der Waals surface area (Å²) in [6, 6.07) is 1.48. The third-order valence-electron chi connectivity index (χ3n) is 3.56. The number of amides is 1. The summed E-state index contributed by atoms with van der Waals surface area (Å²) in [6.07, 6.45) is 2.23. The number of aliphatic hydroxyl groups is 1. The lowest BCUT2D eigenvalue weighted by Gasteiger charge is -2.22. The van der Waals surface area contributed by atoms with E-state index in [1.807, 2.05) is 0 Å². The molecule has 0 saturated carbocycles. The van der Waals surface area contributed by atoms with Crippen molar-refractivity contribution in [1.82, 2.24) is 9.88 Å². The van der Waals surface area contributed by atoms with Gasteiger partial charge in [-0.1, -0.05) is 0 Å². The fraction of sp³-hybridized carbons (Fsp3) is 0.538. The summed E-state index contributed by atoms with van der Waals surface area (Å²) in [5.74, 6) is -0.116. The summed E-state index contributed by atoms with van der Waals surface area (Å²) in [5.41, 5.74) is 0.376. The molecule has 0 spiro atoms. The number of rotatable bonds is 4. The number of aliphatic hydroxyl groups excluding tert-OH is 1. The second-order valence-electron chi connectivity index (χ2n) is 4.80. The molecule has 0 aromatic carbocycles. The third kappa shape index (κ3) is 3.11. The number of nitrogens with one attached hydrogen (secondary N) is 1. The van der Waals surface area contributed by atoms with Crippen LogP contribution < -0.4 is 5.56 Å². The Morgan fingerprint density at radius 3 is 3.05 bits per heavy atom. The van der Waals surface area contributed by atoms with Crippen LogP contribution in [0.1, 0.15) is 12.0 Å². The molecule has 7 heteroatoms. The van der Waals surface area contributed by atoms with Gasteiger partial charge in [-0.25, -0.2) is 0 Å². The minimum absolute atomic E-state index is 0.0429. The number of hydrogen-bond acceptors (Lipinski definition) is 4. The monoisotopic (exact) mass is 344 g/mol. The first-order chi connectivity index (χ1) is 9.56. The predicted octanol–water partition coefficient (Wildman–Crippen LogP) is 0.288. The molecule has 1 saturated heterocycles. The van der Waals surface area contributed by atoms with Crippen LogP contribution >= 0.6 is 15.9 Å². The molecular formula is C13H17BrN2O4. The number of H-pyrrole nitrogens is 1. The molecule has 110 valence electrons. The predicted molar refractivity (Wildman–Crippen MR) is 76.5 cm³/mol. The molecule has 1 amide bonds. The van der Waals surface area contributed by atoms with Crippen LogP contribution in [0.4, 0.5) is 0 Å².